The van der Waals surface area contributed by atoms with Gasteiger partial charge in [-0.3, -0.25) is 19.5 Å². The van der Waals surface area contributed by atoms with Crippen LogP contribution in [0.25, 0.3) is 0 Å². The molecule has 6 heteroatoms. The molecule has 1 atom stereocenters. The Morgan fingerprint density at radius 2 is 1.96 bits per heavy atom. The molecule has 3 heterocycles. The van der Waals surface area contributed by atoms with E-state index in [-0.39, 0.29) is 6.61 Å². The first-order valence-electron chi connectivity index (χ1n) is 9.10. The molecule has 1 aliphatic heterocycles. The smallest absolute Gasteiger partial charge is 0.0644 e. The highest BCUT2D eigenvalue weighted by Gasteiger charge is 2.23. The van der Waals surface area contributed by atoms with Crippen LogP contribution in [0, 0.1) is 13.8 Å². The molecule has 1 aliphatic rings. The van der Waals surface area contributed by atoms with E-state index in [2.05, 4.69) is 46.7 Å². The fraction of sp³-hybridized carbons (Fsp3) is 0.579. The van der Waals surface area contributed by atoms with Crippen molar-refractivity contribution >= 4 is 0 Å². The average molecular weight is 343 g/mol. The van der Waals surface area contributed by atoms with Gasteiger partial charge in [0, 0.05) is 62.4 Å². The Kier molecular flexibility index (Phi) is 5.83. The molecule has 1 saturated heterocycles. The van der Waals surface area contributed by atoms with E-state index in [9.17, 15) is 0 Å². The van der Waals surface area contributed by atoms with Crippen LogP contribution in [0.2, 0.25) is 0 Å². The van der Waals surface area contributed by atoms with Crippen LogP contribution in [0.1, 0.15) is 35.5 Å². The Balaban J connectivity index is 1.58. The van der Waals surface area contributed by atoms with E-state index >= 15 is 0 Å². The number of pyridine rings is 1. The molecule has 0 amide bonds. The van der Waals surface area contributed by atoms with E-state index in [0.717, 1.165) is 38.4 Å². The summed E-state index contributed by atoms with van der Waals surface area (Å²) in [5, 5.41) is 13.7. The Hall–Kier alpha value is -1.76. The monoisotopic (exact) mass is 343 g/mol. The van der Waals surface area contributed by atoms with Crippen LogP contribution in [-0.4, -0.2) is 62.5 Å². The Morgan fingerprint density at radius 3 is 2.60 bits per heavy atom. The summed E-state index contributed by atoms with van der Waals surface area (Å²) in [4.78, 5) is 9.28. The summed E-state index contributed by atoms with van der Waals surface area (Å²) in [6, 6.07) is 4.58. The zero-order chi connectivity index (χ0) is 17.8. The lowest BCUT2D eigenvalue weighted by molar-refractivity contribution is 0.0975. The largest absolute Gasteiger partial charge is 0.394 e. The van der Waals surface area contributed by atoms with Gasteiger partial charge in [-0.25, -0.2) is 0 Å². The third kappa shape index (κ3) is 4.08. The fourth-order valence-corrected chi connectivity index (χ4v) is 3.64. The minimum atomic E-state index is 0.131. The molecule has 1 unspecified atom stereocenters. The van der Waals surface area contributed by atoms with Crippen molar-refractivity contribution in [3.8, 4) is 0 Å². The van der Waals surface area contributed by atoms with Gasteiger partial charge in [-0.15, -0.1) is 0 Å². The maximum absolute atomic E-state index is 9.16. The molecular formula is C19H29N5O. The number of rotatable bonds is 6. The molecule has 25 heavy (non-hydrogen) atoms. The van der Waals surface area contributed by atoms with Gasteiger partial charge in [0.05, 0.1) is 18.8 Å². The van der Waals surface area contributed by atoms with E-state index in [0.29, 0.717) is 12.6 Å². The summed E-state index contributed by atoms with van der Waals surface area (Å²) in [5.74, 6) is 0. The maximum atomic E-state index is 9.16. The van der Waals surface area contributed by atoms with E-state index < -0.39 is 0 Å². The second-order valence-electron chi connectivity index (χ2n) is 6.87. The van der Waals surface area contributed by atoms with Gasteiger partial charge >= 0.3 is 0 Å². The normalized spacial score (nSPS) is 17.8. The Labute approximate surface area is 150 Å². The van der Waals surface area contributed by atoms with Gasteiger partial charge < -0.3 is 5.11 Å². The zero-order valence-electron chi connectivity index (χ0n) is 15.5. The standard InChI is InChI=1S/C19H29N5O/c1-15-19(17(3)24(21-15)11-12-25)14-22-7-9-23(10-8-22)16(2)18-5-4-6-20-13-18/h4-6,13,16,25H,7-12,14H2,1-3H3. The predicted octanol–water partition coefficient (Wildman–Crippen LogP) is 1.77. The van der Waals surface area contributed by atoms with Crippen LogP contribution in [-0.2, 0) is 13.1 Å². The quantitative estimate of drug-likeness (QED) is 0.866. The van der Waals surface area contributed by atoms with Crippen molar-refractivity contribution in [3.63, 3.8) is 0 Å². The molecule has 0 spiro atoms. The van der Waals surface area contributed by atoms with Crippen molar-refractivity contribution in [1.29, 1.82) is 0 Å². The van der Waals surface area contributed by atoms with Crippen molar-refractivity contribution in [2.75, 3.05) is 32.8 Å². The van der Waals surface area contributed by atoms with E-state index in [4.69, 9.17) is 5.11 Å². The lowest BCUT2D eigenvalue weighted by Gasteiger charge is -2.38. The van der Waals surface area contributed by atoms with Crippen LogP contribution < -0.4 is 0 Å². The van der Waals surface area contributed by atoms with E-state index in [1.54, 1.807) is 0 Å². The van der Waals surface area contributed by atoms with Crippen LogP contribution in [0.4, 0.5) is 0 Å². The predicted molar refractivity (Wildman–Crippen MR) is 98.3 cm³/mol. The summed E-state index contributed by atoms with van der Waals surface area (Å²) in [7, 11) is 0. The third-order valence-corrected chi connectivity index (χ3v) is 5.35. The first-order valence-corrected chi connectivity index (χ1v) is 9.10. The summed E-state index contributed by atoms with van der Waals surface area (Å²) in [5.41, 5.74) is 4.85. The Bertz CT molecular complexity index is 677. The maximum Gasteiger partial charge on any atom is 0.0644 e. The SMILES string of the molecule is Cc1nn(CCO)c(C)c1CN1CCN(C(C)c2cccnc2)CC1. The van der Waals surface area contributed by atoms with Crippen LogP contribution in [0.15, 0.2) is 24.5 Å². The molecule has 0 aromatic carbocycles. The molecule has 1 fully saturated rings. The number of aliphatic hydroxyl groups excluding tert-OH is 1. The molecular weight excluding hydrogens is 314 g/mol. The van der Waals surface area contributed by atoms with Crippen molar-refractivity contribution in [1.82, 2.24) is 24.6 Å². The van der Waals surface area contributed by atoms with Crippen molar-refractivity contribution in [2.45, 2.75) is 39.9 Å². The number of hydrogen-bond donors (Lipinski definition) is 1. The highest BCUT2D eigenvalue weighted by atomic mass is 16.3. The molecule has 0 aliphatic carbocycles. The third-order valence-electron chi connectivity index (χ3n) is 5.35. The summed E-state index contributed by atoms with van der Waals surface area (Å²) in [6.45, 7) is 12.3. The average Bonchev–Trinajstić information content (AvgIpc) is 2.90. The van der Waals surface area contributed by atoms with E-state index in [1.807, 2.05) is 23.1 Å². The van der Waals surface area contributed by atoms with Crippen molar-refractivity contribution in [3.05, 3.63) is 47.0 Å². The number of aromatic nitrogens is 3. The molecule has 1 N–H and O–H groups in total. The minimum Gasteiger partial charge on any atom is -0.394 e. The zero-order valence-corrected chi connectivity index (χ0v) is 15.5. The summed E-state index contributed by atoms with van der Waals surface area (Å²) < 4.78 is 1.92. The lowest BCUT2D eigenvalue weighted by atomic mass is 10.1. The van der Waals surface area contributed by atoms with Gasteiger partial charge in [0.25, 0.3) is 0 Å². The van der Waals surface area contributed by atoms with Gasteiger partial charge in [0.1, 0.15) is 0 Å². The number of aryl methyl sites for hydroxylation is 1. The second-order valence-corrected chi connectivity index (χ2v) is 6.87. The first kappa shape index (κ1) is 18.0. The molecule has 6 nitrogen and oxygen atoms in total. The minimum absolute atomic E-state index is 0.131. The van der Waals surface area contributed by atoms with Crippen LogP contribution in [0.3, 0.4) is 0 Å². The molecule has 0 saturated carbocycles. The molecule has 3 rings (SSSR count). The number of piperazine rings is 1. The summed E-state index contributed by atoms with van der Waals surface area (Å²) >= 11 is 0. The van der Waals surface area contributed by atoms with Crippen molar-refractivity contribution < 1.29 is 5.11 Å². The Morgan fingerprint density at radius 1 is 1.20 bits per heavy atom. The molecule has 0 bridgehead atoms. The van der Waals surface area contributed by atoms with Gasteiger partial charge in [-0.1, -0.05) is 6.07 Å². The lowest BCUT2D eigenvalue weighted by Crippen LogP contribution is -2.46. The van der Waals surface area contributed by atoms with E-state index in [1.165, 1.54) is 16.8 Å². The molecule has 136 valence electrons. The second kappa shape index (κ2) is 8.08. The van der Waals surface area contributed by atoms with Gasteiger partial charge in [0.2, 0.25) is 0 Å². The summed E-state index contributed by atoms with van der Waals surface area (Å²) in [6.07, 6.45) is 3.80. The highest BCUT2D eigenvalue weighted by Crippen LogP contribution is 2.22. The molecule has 0 radical (unpaired) electrons. The number of hydrogen-bond acceptors (Lipinski definition) is 5. The number of aliphatic hydroxyl groups is 1. The van der Waals surface area contributed by atoms with Crippen molar-refractivity contribution in [2.24, 2.45) is 0 Å². The molecule has 2 aromatic rings. The fourth-order valence-electron chi connectivity index (χ4n) is 3.64. The van der Waals surface area contributed by atoms with Crippen LogP contribution in [0.5, 0.6) is 0 Å². The number of nitrogens with zero attached hydrogens (tertiary/aromatic N) is 5. The van der Waals surface area contributed by atoms with Gasteiger partial charge in [0.15, 0.2) is 0 Å². The molecule has 2 aromatic heterocycles. The topological polar surface area (TPSA) is 57.4 Å². The first-order chi connectivity index (χ1) is 12.1. The van der Waals surface area contributed by atoms with Gasteiger partial charge in [-0.05, 0) is 32.4 Å². The van der Waals surface area contributed by atoms with Crippen LogP contribution >= 0.6 is 0 Å². The van der Waals surface area contributed by atoms with Gasteiger partial charge in [-0.2, -0.15) is 5.10 Å². The highest BCUT2D eigenvalue weighted by molar-refractivity contribution is 5.24.